The number of halogens is 4. The molecule has 1 aromatic heterocycles. The Morgan fingerprint density at radius 2 is 2.06 bits per heavy atom. The van der Waals surface area contributed by atoms with Crippen molar-refractivity contribution in [2.75, 3.05) is 29.3 Å². The average Bonchev–Trinajstić information content (AvgIpc) is 3.38. The maximum absolute atomic E-state index is 14.7. The lowest BCUT2D eigenvalue weighted by molar-refractivity contribution is -0.192. The number of aryl methyl sites for hydroxylation is 1. The zero-order chi connectivity index (χ0) is 24.1. The number of carbonyl (C=O) groups is 1. The van der Waals surface area contributed by atoms with Gasteiger partial charge in [0, 0.05) is 30.2 Å². The molecule has 0 amide bonds. The standard InChI is InChI=1S/C16H21FN4O2S2.C2HF3O2/c1-3-21(12-4-5-18-8-12)14-7-13(17)15(6-11(14)2)25(22,23)20-16-9-24-10-19-16;3-2(4,5)1(6)7/h6-7,9-10,12,18,20H,3-5,8H2,1-2H3;(H,6,7)/t12-;/m0./s1. The Morgan fingerprint density at radius 1 is 1.41 bits per heavy atom. The van der Waals surface area contributed by atoms with Crippen LogP contribution in [-0.4, -0.2) is 56.3 Å². The number of thiazole rings is 1. The average molecular weight is 499 g/mol. The van der Waals surface area contributed by atoms with Gasteiger partial charge in [-0.05, 0) is 44.5 Å². The molecule has 1 fully saturated rings. The summed E-state index contributed by atoms with van der Waals surface area (Å²) in [7, 11) is -4.02. The van der Waals surface area contributed by atoms with Gasteiger partial charge in [0.25, 0.3) is 10.0 Å². The maximum atomic E-state index is 14.7. The minimum atomic E-state index is -5.08. The van der Waals surface area contributed by atoms with Crippen LogP contribution in [0.15, 0.2) is 27.9 Å². The van der Waals surface area contributed by atoms with Crippen molar-refractivity contribution in [2.45, 2.75) is 37.4 Å². The predicted octanol–water partition coefficient (Wildman–Crippen LogP) is 3.21. The van der Waals surface area contributed by atoms with Gasteiger partial charge in [-0.3, -0.25) is 4.72 Å². The van der Waals surface area contributed by atoms with E-state index in [0.717, 1.165) is 37.3 Å². The van der Waals surface area contributed by atoms with Gasteiger partial charge < -0.3 is 15.3 Å². The maximum Gasteiger partial charge on any atom is 0.490 e. The lowest BCUT2D eigenvalue weighted by Gasteiger charge is -2.31. The number of benzene rings is 1. The summed E-state index contributed by atoms with van der Waals surface area (Å²) in [5.41, 5.74) is 2.98. The van der Waals surface area contributed by atoms with Crippen molar-refractivity contribution < 1.29 is 35.9 Å². The van der Waals surface area contributed by atoms with E-state index < -0.39 is 28.0 Å². The summed E-state index contributed by atoms with van der Waals surface area (Å²) >= 11 is 1.26. The Labute approximate surface area is 186 Å². The molecule has 0 spiro atoms. The van der Waals surface area contributed by atoms with Crippen LogP contribution in [0.3, 0.4) is 0 Å². The molecule has 0 unspecified atom stereocenters. The van der Waals surface area contributed by atoms with E-state index in [4.69, 9.17) is 9.90 Å². The van der Waals surface area contributed by atoms with E-state index in [1.165, 1.54) is 29.0 Å². The number of likely N-dealkylation sites (N-methyl/N-ethyl adjacent to an activating group) is 1. The molecule has 1 atom stereocenters. The number of rotatable bonds is 6. The van der Waals surface area contributed by atoms with Crippen molar-refractivity contribution in [1.29, 1.82) is 0 Å². The first-order chi connectivity index (χ1) is 14.9. The first-order valence-electron chi connectivity index (χ1n) is 9.35. The Kier molecular flexibility index (Phi) is 8.42. The molecule has 1 aliphatic heterocycles. The van der Waals surface area contributed by atoms with Crippen LogP contribution in [0.1, 0.15) is 18.9 Å². The first kappa shape index (κ1) is 25.8. The van der Waals surface area contributed by atoms with Crippen LogP contribution in [0.4, 0.5) is 29.1 Å². The Bertz CT molecular complexity index is 1020. The third kappa shape index (κ3) is 6.53. The summed E-state index contributed by atoms with van der Waals surface area (Å²) < 4.78 is 73.6. The zero-order valence-corrected chi connectivity index (χ0v) is 18.7. The number of hydrogen-bond acceptors (Lipinski definition) is 7. The molecule has 0 aliphatic carbocycles. The molecule has 3 N–H and O–H groups in total. The summed E-state index contributed by atoms with van der Waals surface area (Å²) in [5, 5.41) is 12.0. The lowest BCUT2D eigenvalue weighted by Crippen LogP contribution is -2.37. The number of anilines is 2. The van der Waals surface area contributed by atoms with Gasteiger partial charge in [-0.1, -0.05) is 0 Å². The minimum absolute atomic E-state index is 0.193. The largest absolute Gasteiger partial charge is 0.490 e. The molecule has 0 radical (unpaired) electrons. The Hall–Kier alpha value is -2.45. The van der Waals surface area contributed by atoms with Crippen molar-refractivity contribution in [1.82, 2.24) is 10.3 Å². The second-order valence-corrected chi connectivity index (χ2v) is 9.15. The topological polar surface area (TPSA) is 112 Å². The predicted molar refractivity (Wildman–Crippen MR) is 112 cm³/mol. The van der Waals surface area contributed by atoms with Crippen LogP contribution in [0.5, 0.6) is 0 Å². The number of hydrogen-bond donors (Lipinski definition) is 3. The summed E-state index contributed by atoms with van der Waals surface area (Å²) in [6, 6.07) is 3.01. The molecule has 178 valence electrons. The highest BCUT2D eigenvalue weighted by Crippen LogP contribution is 2.30. The number of aliphatic carboxylic acids is 1. The first-order valence-corrected chi connectivity index (χ1v) is 11.8. The number of alkyl halides is 3. The molecule has 8 nitrogen and oxygen atoms in total. The third-order valence-electron chi connectivity index (χ3n) is 4.58. The lowest BCUT2D eigenvalue weighted by atomic mass is 10.1. The Morgan fingerprint density at radius 3 is 2.53 bits per heavy atom. The molecule has 2 aromatic rings. The molecular weight excluding hydrogens is 476 g/mol. The molecule has 0 saturated carbocycles. The van der Waals surface area contributed by atoms with Crippen LogP contribution < -0.4 is 14.9 Å². The number of nitrogens with one attached hydrogen (secondary N) is 2. The number of sulfonamides is 1. The van der Waals surface area contributed by atoms with E-state index in [9.17, 15) is 26.0 Å². The minimum Gasteiger partial charge on any atom is -0.475 e. The second-order valence-electron chi connectivity index (χ2n) is 6.78. The van der Waals surface area contributed by atoms with Crippen molar-refractivity contribution in [3.63, 3.8) is 0 Å². The number of aromatic nitrogens is 1. The highest BCUT2D eigenvalue weighted by Gasteiger charge is 2.38. The SMILES string of the molecule is CCN(c1cc(F)c(S(=O)(=O)Nc2cscn2)cc1C)[C@H]1CCNC1.O=C(O)C(F)(F)F. The molecule has 1 saturated heterocycles. The molecule has 0 bridgehead atoms. The fourth-order valence-electron chi connectivity index (χ4n) is 3.15. The van der Waals surface area contributed by atoms with Gasteiger partial charge in [0.1, 0.15) is 10.7 Å². The fraction of sp³-hybridized carbons (Fsp3) is 0.444. The van der Waals surface area contributed by atoms with Gasteiger partial charge in [-0.15, -0.1) is 11.3 Å². The van der Waals surface area contributed by atoms with E-state index in [1.807, 2.05) is 13.8 Å². The molecule has 1 aliphatic rings. The van der Waals surface area contributed by atoms with Gasteiger partial charge in [0.15, 0.2) is 5.82 Å². The summed E-state index contributed by atoms with van der Waals surface area (Å²) in [6.07, 6.45) is -4.10. The number of carboxylic acid groups (broad SMARTS) is 1. The normalized spacial score (nSPS) is 16.2. The molecule has 14 heteroatoms. The molecule has 32 heavy (non-hydrogen) atoms. The van der Waals surface area contributed by atoms with Crippen molar-refractivity contribution in [2.24, 2.45) is 0 Å². The van der Waals surface area contributed by atoms with E-state index in [0.29, 0.717) is 6.04 Å². The van der Waals surface area contributed by atoms with Crippen LogP contribution in [-0.2, 0) is 14.8 Å². The van der Waals surface area contributed by atoms with Crippen molar-refractivity contribution in [3.05, 3.63) is 34.4 Å². The van der Waals surface area contributed by atoms with Gasteiger partial charge >= 0.3 is 12.1 Å². The second kappa shape index (κ2) is 10.4. The summed E-state index contributed by atoms with van der Waals surface area (Å²) in [6.45, 7) is 6.34. The smallest absolute Gasteiger partial charge is 0.475 e. The van der Waals surface area contributed by atoms with Gasteiger partial charge in [0.05, 0.1) is 5.51 Å². The number of carboxylic acids is 1. The summed E-state index contributed by atoms with van der Waals surface area (Å²) in [4.78, 5) is 14.5. The van der Waals surface area contributed by atoms with Crippen molar-refractivity contribution in [3.8, 4) is 0 Å². The fourth-order valence-corrected chi connectivity index (χ4v) is 4.85. The molecule has 1 aromatic carbocycles. The highest BCUT2D eigenvalue weighted by molar-refractivity contribution is 7.92. The summed E-state index contributed by atoms with van der Waals surface area (Å²) in [5.74, 6) is -3.32. The van der Waals surface area contributed by atoms with Gasteiger partial charge in [-0.25, -0.2) is 22.6 Å². The van der Waals surface area contributed by atoms with Crippen LogP contribution >= 0.6 is 11.3 Å². The van der Waals surface area contributed by atoms with E-state index in [2.05, 4.69) is 19.9 Å². The van der Waals surface area contributed by atoms with E-state index in [1.54, 1.807) is 5.38 Å². The molecule has 3 rings (SSSR count). The third-order valence-corrected chi connectivity index (χ3v) is 6.54. The van der Waals surface area contributed by atoms with Crippen LogP contribution in [0.2, 0.25) is 0 Å². The zero-order valence-electron chi connectivity index (χ0n) is 17.1. The Balaban J connectivity index is 0.000000451. The van der Waals surface area contributed by atoms with Crippen molar-refractivity contribution >= 4 is 38.8 Å². The molecular formula is C18H22F4N4O4S2. The van der Waals surface area contributed by atoms with Crippen LogP contribution in [0.25, 0.3) is 0 Å². The quantitative estimate of drug-likeness (QED) is 0.525. The monoisotopic (exact) mass is 498 g/mol. The number of nitrogens with zero attached hydrogens (tertiary/aromatic N) is 2. The highest BCUT2D eigenvalue weighted by atomic mass is 32.2. The molecule has 2 heterocycles. The van der Waals surface area contributed by atoms with Crippen LogP contribution in [0, 0.1) is 12.7 Å². The van der Waals surface area contributed by atoms with Gasteiger partial charge in [0.2, 0.25) is 0 Å². The van der Waals surface area contributed by atoms with E-state index in [-0.39, 0.29) is 10.7 Å². The van der Waals surface area contributed by atoms with Gasteiger partial charge in [-0.2, -0.15) is 13.2 Å². The van der Waals surface area contributed by atoms with E-state index >= 15 is 0 Å².